The van der Waals surface area contributed by atoms with Crippen molar-refractivity contribution < 1.29 is 18.3 Å². The number of pyridine rings is 1. The Hall–Kier alpha value is -2.61. The Balaban J connectivity index is 2.32. The molecule has 122 valence electrons. The van der Waals surface area contributed by atoms with Gasteiger partial charge in [0, 0.05) is 11.3 Å². The van der Waals surface area contributed by atoms with Crippen molar-refractivity contribution in [1.29, 1.82) is 0 Å². The number of hydrogen-bond acceptors (Lipinski definition) is 4. The molecular formula is C15H16N2O5S. The summed E-state index contributed by atoms with van der Waals surface area (Å²) in [4.78, 5) is 25.2. The lowest BCUT2D eigenvalue weighted by atomic mass is 10.2. The first-order chi connectivity index (χ1) is 10.8. The third kappa shape index (κ3) is 4.43. The molecule has 2 rings (SSSR count). The summed E-state index contributed by atoms with van der Waals surface area (Å²) < 4.78 is 25.3. The number of aryl methyl sites for hydroxylation is 1. The van der Waals surface area contributed by atoms with Gasteiger partial charge in [0.25, 0.3) is 5.56 Å². The molecule has 0 aliphatic rings. The van der Waals surface area contributed by atoms with Gasteiger partial charge in [-0.25, -0.2) is 17.9 Å². The van der Waals surface area contributed by atoms with Crippen LogP contribution in [0.5, 0.6) is 0 Å². The smallest absolute Gasteiger partial charge is 0.308 e. The predicted octanol–water partition coefficient (Wildman–Crippen LogP) is 0.857. The average Bonchev–Trinajstić information content (AvgIpc) is 2.47. The number of sulfonamides is 1. The number of aliphatic carboxylic acids is 1. The van der Waals surface area contributed by atoms with Crippen molar-refractivity contribution in [3.8, 4) is 0 Å². The maximum atomic E-state index is 12.2. The third-order valence-electron chi connectivity index (χ3n) is 3.13. The van der Waals surface area contributed by atoms with E-state index in [-0.39, 0.29) is 11.3 Å². The zero-order valence-corrected chi connectivity index (χ0v) is 13.2. The third-order valence-corrected chi connectivity index (χ3v) is 4.30. The van der Waals surface area contributed by atoms with E-state index in [2.05, 4.69) is 4.83 Å². The minimum Gasteiger partial charge on any atom is -0.481 e. The van der Waals surface area contributed by atoms with Crippen LogP contribution in [0.3, 0.4) is 0 Å². The summed E-state index contributed by atoms with van der Waals surface area (Å²) in [7, 11) is -3.81. The van der Waals surface area contributed by atoms with Gasteiger partial charge in [-0.1, -0.05) is 36.4 Å². The van der Waals surface area contributed by atoms with Crippen molar-refractivity contribution in [2.45, 2.75) is 19.1 Å². The van der Waals surface area contributed by atoms with Crippen LogP contribution in [0.15, 0.2) is 47.3 Å². The molecule has 0 amide bonds. The molecule has 0 fully saturated rings. The molecule has 8 heteroatoms. The fourth-order valence-electron chi connectivity index (χ4n) is 2.05. The Kier molecular flexibility index (Phi) is 4.85. The fourth-order valence-corrected chi connectivity index (χ4v) is 3.25. The lowest BCUT2D eigenvalue weighted by Crippen LogP contribution is -2.37. The molecule has 1 aromatic carbocycles. The molecule has 1 heterocycles. The van der Waals surface area contributed by atoms with Crippen LogP contribution in [0, 0.1) is 6.92 Å². The van der Waals surface area contributed by atoms with Crippen LogP contribution in [-0.2, 0) is 27.0 Å². The summed E-state index contributed by atoms with van der Waals surface area (Å²) in [6.45, 7) is 1.55. The number of rotatable bonds is 6. The van der Waals surface area contributed by atoms with Crippen molar-refractivity contribution in [2.75, 3.05) is 4.83 Å². The van der Waals surface area contributed by atoms with Gasteiger partial charge in [0.2, 0.25) is 10.0 Å². The summed E-state index contributed by atoms with van der Waals surface area (Å²) in [6.07, 6.45) is -0.473. The van der Waals surface area contributed by atoms with Gasteiger partial charge in [-0.05, 0) is 18.6 Å². The first kappa shape index (κ1) is 16.8. The molecule has 0 atom stereocenters. The van der Waals surface area contributed by atoms with E-state index in [4.69, 9.17) is 5.11 Å². The van der Waals surface area contributed by atoms with Crippen molar-refractivity contribution in [2.24, 2.45) is 0 Å². The Morgan fingerprint density at radius 1 is 1.17 bits per heavy atom. The highest BCUT2D eigenvalue weighted by Crippen LogP contribution is 2.06. The predicted molar refractivity (Wildman–Crippen MR) is 85.2 cm³/mol. The summed E-state index contributed by atoms with van der Waals surface area (Å²) in [5, 5.41) is 8.79. The van der Waals surface area contributed by atoms with Gasteiger partial charge >= 0.3 is 5.97 Å². The zero-order valence-electron chi connectivity index (χ0n) is 12.4. The topological polar surface area (TPSA) is 105 Å². The van der Waals surface area contributed by atoms with Gasteiger partial charge in [-0.15, -0.1) is 0 Å². The van der Waals surface area contributed by atoms with Gasteiger partial charge in [-0.2, -0.15) is 0 Å². The Bertz CT molecular complexity index is 872. The van der Waals surface area contributed by atoms with Crippen LogP contribution in [0.2, 0.25) is 0 Å². The van der Waals surface area contributed by atoms with Gasteiger partial charge < -0.3 is 5.11 Å². The van der Waals surface area contributed by atoms with E-state index < -0.39 is 28.0 Å². The highest BCUT2D eigenvalue weighted by molar-refractivity contribution is 7.91. The molecule has 0 saturated heterocycles. The minimum atomic E-state index is -3.81. The second kappa shape index (κ2) is 6.66. The SMILES string of the molecule is Cc1ccc(CC(=O)O)c(=O)n1NS(=O)(=O)Cc1ccccc1. The summed E-state index contributed by atoms with van der Waals surface area (Å²) >= 11 is 0. The first-order valence-electron chi connectivity index (χ1n) is 6.76. The van der Waals surface area contributed by atoms with E-state index in [0.717, 1.165) is 4.68 Å². The normalized spacial score (nSPS) is 11.2. The lowest BCUT2D eigenvalue weighted by molar-refractivity contribution is -0.136. The molecule has 0 radical (unpaired) electrons. The van der Waals surface area contributed by atoms with Crippen LogP contribution >= 0.6 is 0 Å². The van der Waals surface area contributed by atoms with Crippen LogP contribution in [0.1, 0.15) is 16.8 Å². The maximum Gasteiger partial charge on any atom is 0.308 e. The highest BCUT2D eigenvalue weighted by Gasteiger charge is 2.16. The van der Waals surface area contributed by atoms with Gasteiger partial charge in [0.05, 0.1) is 12.2 Å². The molecule has 0 aliphatic heterocycles. The molecule has 7 nitrogen and oxygen atoms in total. The fraction of sp³-hybridized carbons (Fsp3) is 0.200. The second-order valence-corrected chi connectivity index (χ2v) is 6.75. The zero-order chi connectivity index (χ0) is 17.0. The number of nitrogens with zero attached hydrogens (tertiary/aromatic N) is 1. The first-order valence-corrected chi connectivity index (χ1v) is 8.41. The molecule has 0 bridgehead atoms. The van der Waals surface area contributed by atoms with E-state index in [9.17, 15) is 18.0 Å². The van der Waals surface area contributed by atoms with Crippen LogP contribution < -0.4 is 10.4 Å². The molecule has 23 heavy (non-hydrogen) atoms. The van der Waals surface area contributed by atoms with Crippen LogP contribution in [-0.4, -0.2) is 24.2 Å². The summed E-state index contributed by atoms with van der Waals surface area (Å²) in [5.41, 5.74) is 0.253. The van der Waals surface area contributed by atoms with Crippen LogP contribution in [0.25, 0.3) is 0 Å². The van der Waals surface area contributed by atoms with E-state index in [1.54, 1.807) is 37.3 Å². The van der Waals surface area contributed by atoms with Crippen molar-refractivity contribution in [3.63, 3.8) is 0 Å². The molecule has 2 aromatic rings. The highest BCUT2D eigenvalue weighted by atomic mass is 32.2. The largest absolute Gasteiger partial charge is 0.481 e. The Labute approximate surface area is 133 Å². The number of aromatic nitrogens is 1. The molecule has 0 aliphatic carbocycles. The quantitative estimate of drug-likeness (QED) is 0.814. The second-order valence-electron chi connectivity index (χ2n) is 5.05. The van der Waals surface area contributed by atoms with E-state index in [1.165, 1.54) is 12.1 Å². The number of nitrogens with one attached hydrogen (secondary N) is 1. The molecule has 0 unspecified atom stereocenters. The van der Waals surface area contributed by atoms with E-state index >= 15 is 0 Å². The van der Waals surface area contributed by atoms with E-state index in [0.29, 0.717) is 11.3 Å². The minimum absolute atomic E-state index is 0.00510. The maximum absolute atomic E-state index is 12.2. The van der Waals surface area contributed by atoms with Crippen LogP contribution in [0.4, 0.5) is 0 Å². The number of carboxylic acids is 1. The van der Waals surface area contributed by atoms with Gasteiger partial charge in [-0.3, -0.25) is 9.59 Å². The number of carbonyl (C=O) groups is 1. The summed E-state index contributed by atoms with van der Waals surface area (Å²) in [6, 6.07) is 11.4. The van der Waals surface area contributed by atoms with Crippen molar-refractivity contribution >= 4 is 16.0 Å². The van der Waals surface area contributed by atoms with Crippen molar-refractivity contribution in [1.82, 2.24) is 4.68 Å². The average molecular weight is 336 g/mol. The molecular weight excluding hydrogens is 320 g/mol. The Morgan fingerprint density at radius 3 is 2.43 bits per heavy atom. The number of hydrogen-bond donors (Lipinski definition) is 2. The number of benzene rings is 1. The van der Waals surface area contributed by atoms with Gasteiger partial charge in [0.1, 0.15) is 0 Å². The number of carboxylic acid groups (broad SMARTS) is 1. The van der Waals surface area contributed by atoms with E-state index in [1.807, 2.05) is 0 Å². The monoisotopic (exact) mass is 336 g/mol. The Morgan fingerprint density at radius 2 is 1.83 bits per heavy atom. The van der Waals surface area contributed by atoms with Crippen molar-refractivity contribution in [3.05, 3.63) is 69.6 Å². The standard InChI is InChI=1S/C15H16N2O5S/c1-11-7-8-13(9-14(18)19)15(20)17(11)16-23(21,22)10-12-5-3-2-4-6-12/h2-8,16H,9-10H2,1H3,(H,18,19). The lowest BCUT2D eigenvalue weighted by Gasteiger charge is -2.14. The molecule has 0 saturated carbocycles. The molecule has 2 N–H and O–H groups in total. The summed E-state index contributed by atoms with van der Waals surface area (Å²) in [5.74, 6) is -1.45. The molecule has 0 spiro atoms. The van der Waals surface area contributed by atoms with Gasteiger partial charge in [0.15, 0.2) is 0 Å². The molecule has 1 aromatic heterocycles.